The number of imidazole rings is 1. The Labute approximate surface area is 185 Å². The van der Waals surface area contributed by atoms with Crippen molar-refractivity contribution in [2.75, 3.05) is 46.8 Å². The molecular weight excluding hydrogens is 447 g/mol. The molecule has 3 rings (SSSR count). The zero-order chi connectivity index (χ0) is 23.7. The maximum atomic E-state index is 12.7. The van der Waals surface area contributed by atoms with Gasteiger partial charge in [0, 0.05) is 60.2 Å². The molecule has 2 aromatic rings. The third kappa shape index (κ3) is 5.59. The van der Waals surface area contributed by atoms with Gasteiger partial charge in [0.15, 0.2) is 0 Å². The Morgan fingerprint density at radius 1 is 1.16 bits per heavy atom. The number of carbonyl (C=O) groups excluding carboxylic acids is 1. The summed E-state index contributed by atoms with van der Waals surface area (Å²) in [4.78, 5) is 20.3. The van der Waals surface area contributed by atoms with Gasteiger partial charge in [-0.15, -0.1) is 0 Å². The molecule has 1 fully saturated rings. The van der Waals surface area contributed by atoms with Crippen molar-refractivity contribution >= 4 is 27.0 Å². The molecule has 0 saturated carbocycles. The first-order chi connectivity index (χ1) is 14.9. The van der Waals surface area contributed by atoms with E-state index >= 15 is 0 Å². The van der Waals surface area contributed by atoms with Gasteiger partial charge in [-0.2, -0.15) is 13.2 Å². The van der Waals surface area contributed by atoms with Gasteiger partial charge >= 0.3 is 6.18 Å². The second-order valence-corrected chi connectivity index (χ2v) is 10.3. The fraction of sp³-hybridized carbons (Fsp3) is 0.600. The van der Waals surface area contributed by atoms with Gasteiger partial charge in [-0.1, -0.05) is 0 Å². The summed E-state index contributed by atoms with van der Waals surface area (Å²) in [6, 6.07) is 4.73. The van der Waals surface area contributed by atoms with Gasteiger partial charge in [0.2, 0.25) is 15.9 Å². The number of nitrogens with zero attached hydrogens (tertiary/aromatic N) is 5. The number of aryl methyl sites for hydroxylation is 2. The van der Waals surface area contributed by atoms with Crippen LogP contribution in [0.2, 0.25) is 0 Å². The van der Waals surface area contributed by atoms with Gasteiger partial charge in [0.1, 0.15) is 5.82 Å². The van der Waals surface area contributed by atoms with Crippen molar-refractivity contribution in [1.29, 1.82) is 0 Å². The molecule has 0 bridgehead atoms. The number of rotatable bonds is 6. The number of hydrogen-bond donors (Lipinski definition) is 0. The van der Waals surface area contributed by atoms with E-state index in [0.29, 0.717) is 37.3 Å². The highest BCUT2D eigenvalue weighted by molar-refractivity contribution is 7.89. The Kier molecular flexibility index (Phi) is 7.15. The quantitative estimate of drug-likeness (QED) is 0.637. The average molecular weight is 476 g/mol. The van der Waals surface area contributed by atoms with Gasteiger partial charge in [0.25, 0.3) is 0 Å². The van der Waals surface area contributed by atoms with Crippen LogP contribution in [0.4, 0.5) is 13.2 Å². The highest BCUT2D eigenvalue weighted by Crippen LogP contribution is 2.22. The van der Waals surface area contributed by atoms with E-state index in [2.05, 4.69) is 4.98 Å². The number of benzene rings is 1. The highest BCUT2D eigenvalue weighted by Gasteiger charge is 2.31. The van der Waals surface area contributed by atoms with Crippen LogP contribution in [0.15, 0.2) is 23.1 Å². The summed E-state index contributed by atoms with van der Waals surface area (Å²) in [7, 11) is 1.14. The Morgan fingerprint density at radius 3 is 2.53 bits per heavy atom. The Hall–Kier alpha value is -2.18. The predicted octanol–water partition coefficient (Wildman–Crippen LogP) is 1.85. The zero-order valence-electron chi connectivity index (χ0n) is 18.4. The highest BCUT2D eigenvalue weighted by atomic mass is 32.2. The number of sulfonamides is 1. The Morgan fingerprint density at radius 2 is 1.88 bits per heavy atom. The van der Waals surface area contributed by atoms with Crippen molar-refractivity contribution in [3.8, 4) is 0 Å². The summed E-state index contributed by atoms with van der Waals surface area (Å²) in [5.41, 5.74) is 1.28. The fourth-order valence-corrected chi connectivity index (χ4v) is 4.76. The summed E-state index contributed by atoms with van der Waals surface area (Å²) in [5.74, 6) is 0.517. The summed E-state index contributed by atoms with van der Waals surface area (Å²) in [5, 5.41) is 0. The SMILES string of the molecule is CN(C)S(=O)(=O)c1ccc2c(c1)nc(CCC(=O)N1CCCN(CC(F)(F)F)CC1)n2C. The van der Waals surface area contributed by atoms with Crippen molar-refractivity contribution in [3.63, 3.8) is 0 Å². The molecule has 0 unspecified atom stereocenters. The lowest BCUT2D eigenvalue weighted by atomic mass is 10.2. The topological polar surface area (TPSA) is 78.8 Å². The molecule has 1 amide bonds. The van der Waals surface area contributed by atoms with Gasteiger partial charge in [0.05, 0.1) is 22.5 Å². The minimum Gasteiger partial charge on any atom is -0.341 e. The molecule has 32 heavy (non-hydrogen) atoms. The molecule has 8 nitrogen and oxygen atoms in total. The molecule has 1 aliphatic heterocycles. The minimum absolute atomic E-state index is 0.123. The number of halogens is 3. The van der Waals surface area contributed by atoms with Crippen LogP contribution >= 0.6 is 0 Å². The molecule has 2 heterocycles. The summed E-state index contributed by atoms with van der Waals surface area (Å²) < 4.78 is 65.6. The lowest BCUT2D eigenvalue weighted by Gasteiger charge is -2.22. The number of hydrogen-bond acceptors (Lipinski definition) is 5. The van der Waals surface area contributed by atoms with Crippen LogP contribution in [0, 0.1) is 0 Å². The smallest absolute Gasteiger partial charge is 0.341 e. The Bertz CT molecular complexity index is 1080. The van der Waals surface area contributed by atoms with E-state index in [1.807, 2.05) is 4.57 Å². The maximum Gasteiger partial charge on any atom is 0.401 e. The van der Waals surface area contributed by atoms with Gasteiger partial charge in [-0.3, -0.25) is 9.69 Å². The molecule has 1 aromatic heterocycles. The number of aromatic nitrogens is 2. The molecule has 0 spiro atoms. The molecule has 1 saturated heterocycles. The van der Waals surface area contributed by atoms with Crippen molar-refractivity contribution in [1.82, 2.24) is 23.7 Å². The first kappa shape index (κ1) is 24.5. The lowest BCUT2D eigenvalue weighted by molar-refractivity contribution is -0.145. The second-order valence-electron chi connectivity index (χ2n) is 8.15. The first-order valence-electron chi connectivity index (χ1n) is 10.3. The van der Waals surface area contributed by atoms with Crippen molar-refractivity contribution in [2.45, 2.75) is 30.3 Å². The van der Waals surface area contributed by atoms with Crippen LogP contribution in [0.3, 0.4) is 0 Å². The van der Waals surface area contributed by atoms with Gasteiger partial charge < -0.3 is 9.47 Å². The van der Waals surface area contributed by atoms with Crippen molar-refractivity contribution < 1.29 is 26.4 Å². The van der Waals surface area contributed by atoms with Crippen LogP contribution in [0.5, 0.6) is 0 Å². The van der Waals surface area contributed by atoms with Crippen LogP contribution in [0.25, 0.3) is 11.0 Å². The van der Waals surface area contributed by atoms with E-state index < -0.39 is 22.7 Å². The van der Waals surface area contributed by atoms with Gasteiger partial charge in [-0.05, 0) is 24.6 Å². The molecule has 1 aliphatic rings. The van der Waals surface area contributed by atoms with E-state index in [9.17, 15) is 26.4 Å². The minimum atomic E-state index is -4.24. The number of amides is 1. The van der Waals surface area contributed by atoms with E-state index in [1.165, 1.54) is 31.1 Å². The average Bonchev–Trinajstić information content (AvgIpc) is 2.85. The van der Waals surface area contributed by atoms with Gasteiger partial charge in [-0.25, -0.2) is 17.7 Å². The first-order valence-corrected chi connectivity index (χ1v) is 11.8. The van der Waals surface area contributed by atoms with E-state index in [4.69, 9.17) is 0 Å². The number of alkyl halides is 3. The van der Waals surface area contributed by atoms with E-state index in [-0.39, 0.29) is 30.3 Å². The van der Waals surface area contributed by atoms with Crippen molar-refractivity contribution in [3.05, 3.63) is 24.0 Å². The third-order valence-corrected chi connectivity index (χ3v) is 7.44. The van der Waals surface area contributed by atoms with Crippen LogP contribution < -0.4 is 0 Å². The second kappa shape index (κ2) is 9.36. The summed E-state index contributed by atoms with van der Waals surface area (Å²) >= 11 is 0. The fourth-order valence-electron chi connectivity index (χ4n) is 3.83. The van der Waals surface area contributed by atoms with E-state index in [1.54, 1.807) is 18.0 Å². The van der Waals surface area contributed by atoms with E-state index in [0.717, 1.165) is 9.82 Å². The standard InChI is InChI=1S/C20H28F3N5O3S/c1-25(2)32(30,31)15-5-6-17-16(13-15)24-18(26(17)3)7-8-19(29)28-10-4-9-27(11-12-28)14-20(21,22)23/h5-6,13H,4,7-12,14H2,1-3H3. The lowest BCUT2D eigenvalue weighted by Crippen LogP contribution is -2.38. The zero-order valence-corrected chi connectivity index (χ0v) is 19.2. The normalized spacial score (nSPS) is 16.7. The molecule has 0 radical (unpaired) electrons. The number of carbonyl (C=O) groups is 1. The predicted molar refractivity (Wildman–Crippen MR) is 114 cm³/mol. The molecule has 0 N–H and O–H groups in total. The third-order valence-electron chi connectivity index (χ3n) is 5.63. The van der Waals surface area contributed by atoms with Crippen LogP contribution in [-0.2, 0) is 28.3 Å². The largest absolute Gasteiger partial charge is 0.401 e. The molecular formula is C20H28F3N5O3S. The molecule has 178 valence electrons. The van der Waals surface area contributed by atoms with Crippen LogP contribution in [-0.4, -0.2) is 91.0 Å². The molecule has 0 aliphatic carbocycles. The van der Waals surface area contributed by atoms with Crippen LogP contribution in [0.1, 0.15) is 18.7 Å². The maximum absolute atomic E-state index is 12.7. The van der Waals surface area contributed by atoms with Crippen molar-refractivity contribution in [2.24, 2.45) is 7.05 Å². The summed E-state index contributed by atoms with van der Waals surface area (Å²) in [6.07, 6.45) is -3.22. The number of fused-ring (bicyclic) bond motifs is 1. The summed E-state index contributed by atoms with van der Waals surface area (Å²) in [6.45, 7) is 0.248. The molecule has 0 atom stereocenters. The molecule has 1 aromatic carbocycles. The molecule has 12 heteroatoms. The Balaban J connectivity index is 1.65. The monoisotopic (exact) mass is 475 g/mol.